The van der Waals surface area contributed by atoms with E-state index in [2.05, 4.69) is 20.9 Å². The fourth-order valence-electron chi connectivity index (χ4n) is 5.73. The first-order valence-corrected chi connectivity index (χ1v) is 16.0. The van der Waals surface area contributed by atoms with E-state index in [1.54, 1.807) is 26.4 Å². The van der Waals surface area contributed by atoms with Gasteiger partial charge in [0.1, 0.15) is 17.2 Å². The summed E-state index contributed by atoms with van der Waals surface area (Å²) in [7, 11) is 3.21. The molecule has 254 valence electrons. The number of hydrogen-bond donors (Lipinski definition) is 3. The number of hydrogen-bond acceptors (Lipinski definition) is 9. The number of hydrazine groups is 1. The predicted molar refractivity (Wildman–Crippen MR) is 186 cm³/mol. The zero-order valence-electron chi connectivity index (χ0n) is 27.5. The smallest absolute Gasteiger partial charge is 0.266 e. The summed E-state index contributed by atoms with van der Waals surface area (Å²) in [6, 6.07) is 29.9. The molecule has 1 amide bonds. The lowest BCUT2D eigenvalue weighted by molar-refractivity contribution is -0.130. The number of aliphatic imine (C=N–C) groups is 1. The molecule has 4 aromatic carbocycles. The molecule has 0 saturated carbocycles. The van der Waals surface area contributed by atoms with Crippen LogP contribution in [0.1, 0.15) is 40.3 Å². The molecule has 0 unspecified atom stereocenters. The van der Waals surface area contributed by atoms with Crippen LogP contribution in [0.4, 0.5) is 0 Å². The van der Waals surface area contributed by atoms with E-state index in [9.17, 15) is 4.79 Å². The maximum atomic E-state index is 14.6. The first-order valence-electron chi connectivity index (χ1n) is 16.0. The quantitative estimate of drug-likeness (QED) is 0.0433. The second-order valence-electron chi connectivity index (χ2n) is 11.3. The molecule has 3 N–H and O–H groups in total. The number of carbonyl (C=O) groups is 1. The number of para-hydroxylation sites is 1. The first-order chi connectivity index (χ1) is 24.0. The van der Waals surface area contributed by atoms with E-state index in [1.165, 1.54) is 0 Å². The summed E-state index contributed by atoms with van der Waals surface area (Å²) in [6.07, 6.45) is 0.397. The number of amides is 1. The number of rotatable bonds is 17. The molecular weight excluding hydrogens is 624 g/mol. The van der Waals surface area contributed by atoms with Crippen LogP contribution < -0.4 is 25.1 Å². The van der Waals surface area contributed by atoms with Crippen LogP contribution in [-0.4, -0.2) is 56.4 Å². The van der Waals surface area contributed by atoms with Gasteiger partial charge in [0.05, 0.1) is 27.4 Å². The van der Waals surface area contributed by atoms with Gasteiger partial charge in [0.2, 0.25) is 5.90 Å². The van der Waals surface area contributed by atoms with Crippen molar-refractivity contribution in [3.63, 3.8) is 0 Å². The van der Waals surface area contributed by atoms with Crippen molar-refractivity contribution >= 4 is 11.8 Å². The zero-order valence-corrected chi connectivity index (χ0v) is 27.5. The normalized spacial score (nSPS) is 16.6. The second kappa shape index (κ2) is 17.0. The van der Waals surface area contributed by atoms with Gasteiger partial charge in [-0.05, 0) is 76.7 Å². The minimum absolute atomic E-state index is 0.0415. The lowest BCUT2D eigenvalue weighted by Crippen LogP contribution is -2.54. The maximum Gasteiger partial charge on any atom is 0.266 e. The number of benzene rings is 4. The third-order valence-corrected chi connectivity index (χ3v) is 8.22. The van der Waals surface area contributed by atoms with Crippen molar-refractivity contribution in [3.05, 3.63) is 135 Å². The lowest BCUT2D eigenvalue weighted by atomic mass is 9.81. The number of methoxy groups -OCH3 is 2. The standard InChI is InChI=1S/C37H40N6O6/c1-46-32-13-7-12-28(23-32)34-37(24-29-10-3-4-11-30(29)25-40-43-38,36(45)42-39-20-19-26-9-5-6-14-33(26)47-2)41-35(49-34)27-15-17-31(18-16-27)48-22-8-21-44/h3-7,9-18,23,34,39,44H,8,19-22,24-25H2,1-2H3,(H,42,45)/t34-,37-/m0/s1. The Labute approximate surface area is 285 Å². The van der Waals surface area contributed by atoms with Crippen LogP contribution >= 0.6 is 0 Å². The summed E-state index contributed by atoms with van der Waals surface area (Å²) in [5, 5.41) is 12.9. The predicted octanol–water partition coefficient (Wildman–Crippen LogP) is 5.64. The molecule has 4 aromatic rings. The van der Waals surface area contributed by atoms with Gasteiger partial charge >= 0.3 is 0 Å². The van der Waals surface area contributed by atoms with Gasteiger partial charge in [-0.25, -0.2) is 10.4 Å². The molecule has 0 spiro atoms. The Bertz CT molecular complexity index is 1790. The Kier molecular flexibility index (Phi) is 12.1. The molecule has 49 heavy (non-hydrogen) atoms. The molecular formula is C37H40N6O6. The van der Waals surface area contributed by atoms with Crippen LogP contribution in [0.3, 0.4) is 0 Å². The van der Waals surface area contributed by atoms with Crippen molar-refractivity contribution in [2.75, 3.05) is 34.0 Å². The number of aliphatic hydroxyl groups excluding tert-OH is 1. The Morgan fingerprint density at radius 3 is 2.45 bits per heavy atom. The van der Waals surface area contributed by atoms with Gasteiger partial charge in [-0.1, -0.05) is 59.7 Å². The lowest BCUT2D eigenvalue weighted by Gasteiger charge is -2.31. The van der Waals surface area contributed by atoms with Gasteiger partial charge in [-0.3, -0.25) is 10.2 Å². The van der Waals surface area contributed by atoms with E-state index < -0.39 is 17.6 Å². The Balaban J connectivity index is 1.53. The average Bonchev–Trinajstić information content (AvgIpc) is 3.54. The van der Waals surface area contributed by atoms with Gasteiger partial charge in [-0.2, -0.15) is 0 Å². The average molecular weight is 665 g/mol. The van der Waals surface area contributed by atoms with E-state index in [4.69, 9.17) is 34.6 Å². The van der Waals surface area contributed by atoms with Crippen LogP contribution in [0, 0.1) is 0 Å². The first kappa shape index (κ1) is 34.8. The summed E-state index contributed by atoms with van der Waals surface area (Å²) in [4.78, 5) is 22.6. The molecule has 0 aromatic heterocycles. The third kappa shape index (κ3) is 8.49. The maximum absolute atomic E-state index is 14.6. The van der Waals surface area contributed by atoms with Gasteiger partial charge in [0.15, 0.2) is 11.6 Å². The zero-order chi connectivity index (χ0) is 34.5. The highest BCUT2D eigenvalue weighted by molar-refractivity contribution is 6.01. The summed E-state index contributed by atoms with van der Waals surface area (Å²) in [5.74, 6) is 1.89. The fraction of sp³-hybridized carbons (Fsp3) is 0.297. The molecule has 5 rings (SSSR count). The molecule has 0 aliphatic carbocycles. The summed E-state index contributed by atoms with van der Waals surface area (Å²) in [6.45, 7) is 0.961. The van der Waals surface area contributed by atoms with Crippen LogP contribution in [0.15, 0.2) is 107 Å². The molecule has 0 fully saturated rings. The van der Waals surface area contributed by atoms with Gasteiger partial charge in [0.25, 0.3) is 5.91 Å². The van der Waals surface area contributed by atoms with Gasteiger partial charge in [0, 0.05) is 36.5 Å². The molecule has 0 bridgehead atoms. The number of ether oxygens (including phenoxy) is 4. The second-order valence-corrected chi connectivity index (χ2v) is 11.3. The molecule has 2 atom stereocenters. The monoisotopic (exact) mass is 664 g/mol. The molecule has 1 heterocycles. The Hall–Kier alpha value is -5.55. The van der Waals surface area contributed by atoms with E-state index in [0.29, 0.717) is 48.6 Å². The molecule has 1 aliphatic heterocycles. The summed E-state index contributed by atoms with van der Waals surface area (Å²) in [5.41, 5.74) is 17.5. The highest BCUT2D eigenvalue weighted by atomic mass is 16.5. The number of azide groups is 1. The Morgan fingerprint density at radius 2 is 1.71 bits per heavy atom. The van der Waals surface area contributed by atoms with Crippen molar-refractivity contribution in [2.24, 2.45) is 10.1 Å². The van der Waals surface area contributed by atoms with Crippen LogP contribution in [-0.2, 0) is 28.9 Å². The topological polar surface area (TPSA) is 159 Å². The number of nitrogens with zero attached hydrogens (tertiary/aromatic N) is 4. The SMILES string of the molecule is COc1cccc([C@@H]2OC(c3ccc(OCCCO)cc3)=N[C@]2(Cc2ccccc2CN=[N+]=[N-])C(=O)NNCCc2ccccc2OC)c1. The minimum Gasteiger partial charge on any atom is -0.497 e. The Morgan fingerprint density at radius 1 is 0.959 bits per heavy atom. The van der Waals surface area contributed by atoms with Gasteiger partial charge in [-0.15, -0.1) is 0 Å². The molecule has 0 saturated heterocycles. The molecule has 12 nitrogen and oxygen atoms in total. The van der Waals surface area contributed by atoms with Crippen molar-refractivity contribution < 1.29 is 28.8 Å². The highest BCUT2D eigenvalue weighted by Gasteiger charge is 2.53. The minimum atomic E-state index is -1.50. The van der Waals surface area contributed by atoms with E-state index >= 15 is 0 Å². The van der Waals surface area contributed by atoms with Crippen molar-refractivity contribution in [1.82, 2.24) is 10.9 Å². The van der Waals surface area contributed by atoms with Crippen molar-refractivity contribution in [3.8, 4) is 17.2 Å². The number of aliphatic hydroxyl groups is 1. The number of nitrogens with one attached hydrogen (secondary N) is 2. The van der Waals surface area contributed by atoms with Crippen LogP contribution in [0.2, 0.25) is 0 Å². The molecule has 1 aliphatic rings. The summed E-state index contributed by atoms with van der Waals surface area (Å²) >= 11 is 0. The van der Waals surface area contributed by atoms with Crippen LogP contribution in [0.25, 0.3) is 10.4 Å². The van der Waals surface area contributed by atoms with E-state index in [0.717, 1.165) is 22.4 Å². The third-order valence-electron chi connectivity index (χ3n) is 8.22. The largest absolute Gasteiger partial charge is 0.497 e. The van der Waals surface area contributed by atoms with Crippen LogP contribution in [0.5, 0.6) is 17.2 Å². The highest BCUT2D eigenvalue weighted by Crippen LogP contribution is 2.43. The van der Waals surface area contributed by atoms with E-state index in [-0.39, 0.29) is 25.5 Å². The number of carbonyl (C=O) groups excluding carboxylic acids is 1. The fourth-order valence-corrected chi connectivity index (χ4v) is 5.73. The van der Waals surface area contributed by atoms with E-state index in [1.807, 2.05) is 84.9 Å². The van der Waals surface area contributed by atoms with Crippen molar-refractivity contribution in [1.29, 1.82) is 0 Å². The van der Waals surface area contributed by atoms with Gasteiger partial charge < -0.3 is 24.1 Å². The molecule has 0 radical (unpaired) electrons. The summed E-state index contributed by atoms with van der Waals surface area (Å²) < 4.78 is 23.4. The van der Waals surface area contributed by atoms with Crippen molar-refractivity contribution in [2.45, 2.75) is 37.5 Å². The molecule has 12 heteroatoms.